The van der Waals surface area contributed by atoms with Crippen molar-refractivity contribution in [1.82, 2.24) is 20.1 Å². The van der Waals surface area contributed by atoms with Crippen LogP contribution >= 0.6 is 0 Å². The Bertz CT molecular complexity index is 1660. The number of benzene rings is 2. The molecule has 2 aromatic carbocycles. The lowest BCUT2D eigenvalue weighted by atomic mass is 10.0. The average molecular weight is 641 g/mol. The first kappa shape index (κ1) is 31.9. The summed E-state index contributed by atoms with van der Waals surface area (Å²) in [6, 6.07) is 17.3. The summed E-state index contributed by atoms with van der Waals surface area (Å²) in [5.41, 5.74) is -2.51. The van der Waals surface area contributed by atoms with E-state index in [9.17, 15) is 31.2 Å². The van der Waals surface area contributed by atoms with Crippen LogP contribution in [0.1, 0.15) is 44.8 Å². The Hall–Kier alpha value is -4.48. The Balaban J connectivity index is 1.08. The van der Waals surface area contributed by atoms with E-state index in [0.717, 1.165) is 50.2 Å². The Labute approximate surface area is 259 Å². The van der Waals surface area contributed by atoms with E-state index < -0.39 is 20.2 Å². The fourth-order valence-electron chi connectivity index (χ4n) is 5.41. The number of nitrogens with one attached hydrogen (secondary N) is 1. The van der Waals surface area contributed by atoms with Crippen molar-refractivity contribution in [3.63, 3.8) is 0 Å². The van der Waals surface area contributed by atoms with Gasteiger partial charge in [-0.2, -0.15) is 18.4 Å². The third-order valence-corrected chi connectivity index (χ3v) is 9.54. The van der Waals surface area contributed by atoms with Gasteiger partial charge in [-0.25, -0.2) is 8.42 Å². The van der Waals surface area contributed by atoms with Gasteiger partial charge in [0.15, 0.2) is 0 Å². The number of nitrogens with zero attached hydrogens (tertiary/aromatic N) is 5. The van der Waals surface area contributed by atoms with Crippen molar-refractivity contribution in [2.75, 3.05) is 44.2 Å². The maximum atomic E-state index is 13.1. The molecular formula is C31H31F3N6O4S. The van der Waals surface area contributed by atoms with Crippen molar-refractivity contribution in [3.8, 4) is 6.07 Å². The molecule has 14 heteroatoms. The van der Waals surface area contributed by atoms with E-state index in [1.54, 1.807) is 11.0 Å². The molecule has 2 aliphatic rings. The molecule has 0 saturated carbocycles. The number of hydrogen-bond acceptors (Lipinski definition) is 8. The molecule has 2 aliphatic heterocycles. The molecular weight excluding hydrogens is 609 g/mol. The largest absolute Gasteiger partial charge is 0.501 e. The van der Waals surface area contributed by atoms with Crippen LogP contribution in [0.3, 0.4) is 0 Å². The normalized spacial score (nSPS) is 16.7. The molecule has 0 aliphatic carbocycles. The topological polar surface area (TPSA) is 127 Å². The number of hydrogen-bond donors (Lipinski definition) is 1. The van der Waals surface area contributed by atoms with Gasteiger partial charge in [0, 0.05) is 63.7 Å². The molecule has 0 spiro atoms. The lowest BCUT2D eigenvalue weighted by Crippen LogP contribution is -2.48. The molecule has 5 rings (SSSR count). The quantitative estimate of drug-likeness (QED) is 0.415. The summed E-state index contributed by atoms with van der Waals surface area (Å²) in [6.07, 6.45) is 2.96. The second-order valence-corrected chi connectivity index (χ2v) is 12.9. The lowest BCUT2D eigenvalue weighted by molar-refractivity contribution is -0.0436. The highest BCUT2D eigenvalue weighted by atomic mass is 32.2. The number of halogens is 3. The summed E-state index contributed by atoms with van der Waals surface area (Å²) in [5.74, 6) is -0.558. The van der Waals surface area contributed by atoms with Crippen molar-refractivity contribution in [3.05, 3.63) is 89.2 Å². The molecule has 0 bridgehead atoms. The number of sulfone groups is 1. The second-order valence-electron chi connectivity index (χ2n) is 11.0. The van der Waals surface area contributed by atoms with Crippen molar-refractivity contribution in [2.45, 2.75) is 35.8 Å². The summed E-state index contributed by atoms with van der Waals surface area (Å²) < 4.78 is 61.6. The van der Waals surface area contributed by atoms with Gasteiger partial charge in [0.2, 0.25) is 0 Å². The molecule has 45 heavy (non-hydrogen) atoms. The zero-order valence-corrected chi connectivity index (χ0v) is 25.0. The number of pyridine rings is 1. The van der Waals surface area contributed by atoms with E-state index in [1.807, 2.05) is 29.2 Å². The van der Waals surface area contributed by atoms with E-state index in [2.05, 4.69) is 21.3 Å². The zero-order valence-electron chi connectivity index (χ0n) is 24.2. The number of carbonyl (C=O) groups is 2. The SMILES string of the molecule is N#Cc1ccc(CN2CCC(NC(=O)c3ccc(C(=O)N4CCN(c5ccc(S(=O)(=O)C(F)(F)F)cc5)CC4)cn3)CC2)cc1. The molecule has 2 saturated heterocycles. The number of likely N-dealkylation sites (tertiary alicyclic amines) is 1. The van der Waals surface area contributed by atoms with E-state index in [4.69, 9.17) is 5.26 Å². The predicted molar refractivity (Wildman–Crippen MR) is 159 cm³/mol. The molecule has 1 N–H and O–H groups in total. The zero-order chi connectivity index (χ0) is 32.2. The van der Waals surface area contributed by atoms with Gasteiger partial charge in [0.05, 0.1) is 22.1 Å². The van der Waals surface area contributed by atoms with Crippen LogP contribution in [0.15, 0.2) is 71.8 Å². The lowest BCUT2D eigenvalue weighted by Gasteiger charge is -2.36. The van der Waals surface area contributed by atoms with Gasteiger partial charge < -0.3 is 15.1 Å². The highest BCUT2D eigenvalue weighted by Gasteiger charge is 2.46. The molecule has 10 nitrogen and oxygen atoms in total. The van der Waals surface area contributed by atoms with Crippen LogP contribution in [0, 0.1) is 11.3 Å². The number of amides is 2. The second kappa shape index (κ2) is 13.3. The van der Waals surface area contributed by atoms with E-state index in [1.165, 1.54) is 24.4 Å². The molecule has 2 fully saturated rings. The summed E-state index contributed by atoms with van der Waals surface area (Å²) in [6.45, 7) is 3.91. The monoisotopic (exact) mass is 640 g/mol. The molecule has 3 aromatic rings. The maximum absolute atomic E-state index is 13.1. The highest BCUT2D eigenvalue weighted by molar-refractivity contribution is 7.92. The molecule has 0 unspecified atom stereocenters. The number of anilines is 1. The fraction of sp³-hybridized carbons (Fsp3) is 0.355. The van der Waals surface area contributed by atoms with Gasteiger partial charge in [-0.05, 0) is 66.9 Å². The number of carbonyl (C=O) groups excluding carboxylic acids is 2. The van der Waals surface area contributed by atoms with Crippen molar-refractivity contribution in [2.24, 2.45) is 0 Å². The van der Waals surface area contributed by atoms with E-state index in [0.29, 0.717) is 43.0 Å². The predicted octanol–water partition coefficient (Wildman–Crippen LogP) is 3.60. The van der Waals surface area contributed by atoms with Gasteiger partial charge in [-0.1, -0.05) is 12.1 Å². The van der Waals surface area contributed by atoms with Crippen LogP contribution < -0.4 is 10.2 Å². The third-order valence-electron chi connectivity index (χ3n) is 8.04. The Morgan fingerprint density at radius 3 is 2.11 bits per heavy atom. The van der Waals surface area contributed by atoms with Crippen LogP contribution in [0.2, 0.25) is 0 Å². The van der Waals surface area contributed by atoms with E-state index >= 15 is 0 Å². The van der Waals surface area contributed by atoms with Crippen LogP contribution in [0.5, 0.6) is 0 Å². The molecule has 2 amide bonds. The number of rotatable bonds is 7. The molecule has 236 valence electrons. The van der Waals surface area contributed by atoms with Gasteiger partial charge in [-0.3, -0.25) is 19.5 Å². The number of alkyl halides is 3. The van der Waals surface area contributed by atoms with Gasteiger partial charge in [0.25, 0.3) is 21.7 Å². The first-order valence-electron chi connectivity index (χ1n) is 14.4. The first-order chi connectivity index (χ1) is 21.4. The molecule has 3 heterocycles. The van der Waals surface area contributed by atoms with Crippen molar-refractivity contribution in [1.29, 1.82) is 5.26 Å². The molecule has 0 radical (unpaired) electrons. The number of nitriles is 1. The minimum absolute atomic E-state index is 0.0133. The Morgan fingerprint density at radius 1 is 0.911 bits per heavy atom. The van der Waals surface area contributed by atoms with Crippen LogP contribution in [-0.2, 0) is 16.4 Å². The average Bonchev–Trinajstić information content (AvgIpc) is 3.05. The minimum atomic E-state index is -5.42. The number of aromatic nitrogens is 1. The standard InChI is InChI=1S/C31H31F3N6O4S/c32-31(33,34)45(43,44)27-8-6-26(7-9-27)39-15-17-40(18-16-39)30(42)24-5-10-28(36-20-24)29(41)37-25-11-13-38(14-12-25)21-23-3-1-22(19-35)2-4-23/h1-10,20,25H,11-18,21H2,(H,37,41). The van der Waals surface area contributed by atoms with Gasteiger partial charge in [0.1, 0.15) is 5.69 Å². The van der Waals surface area contributed by atoms with Crippen LogP contribution in [0.25, 0.3) is 0 Å². The minimum Gasteiger partial charge on any atom is -0.368 e. The summed E-state index contributed by atoms with van der Waals surface area (Å²) in [7, 11) is -5.42. The van der Waals surface area contributed by atoms with Crippen molar-refractivity contribution < 1.29 is 31.2 Å². The Kier molecular flexibility index (Phi) is 9.40. The maximum Gasteiger partial charge on any atom is 0.501 e. The number of piperazine rings is 1. The van der Waals surface area contributed by atoms with Gasteiger partial charge >= 0.3 is 5.51 Å². The molecule has 1 aromatic heterocycles. The summed E-state index contributed by atoms with van der Waals surface area (Å²) in [4.78, 5) is 35.1. The first-order valence-corrected chi connectivity index (χ1v) is 15.9. The van der Waals surface area contributed by atoms with Crippen LogP contribution in [-0.4, -0.2) is 85.8 Å². The Morgan fingerprint density at radius 2 is 1.56 bits per heavy atom. The van der Waals surface area contributed by atoms with E-state index in [-0.39, 0.29) is 23.6 Å². The third kappa shape index (κ3) is 7.43. The summed E-state index contributed by atoms with van der Waals surface area (Å²) >= 11 is 0. The van der Waals surface area contributed by atoms with Crippen LogP contribution in [0.4, 0.5) is 18.9 Å². The smallest absolute Gasteiger partial charge is 0.368 e. The highest BCUT2D eigenvalue weighted by Crippen LogP contribution is 2.31. The molecule has 0 atom stereocenters. The van der Waals surface area contributed by atoms with Gasteiger partial charge in [-0.15, -0.1) is 0 Å². The fourth-order valence-corrected chi connectivity index (χ4v) is 6.17. The number of piperidine rings is 1. The summed E-state index contributed by atoms with van der Waals surface area (Å²) in [5, 5.41) is 12.0. The van der Waals surface area contributed by atoms with Crippen molar-refractivity contribution >= 4 is 27.3 Å².